The van der Waals surface area contributed by atoms with Crippen molar-refractivity contribution in [2.45, 2.75) is 0 Å². The zero-order chi connectivity index (χ0) is 33.7. The molecule has 51 heavy (non-hydrogen) atoms. The van der Waals surface area contributed by atoms with Crippen molar-refractivity contribution >= 4 is 43.6 Å². The molecule has 0 N–H and O–H groups in total. The van der Waals surface area contributed by atoms with E-state index in [-0.39, 0.29) is 0 Å². The van der Waals surface area contributed by atoms with Crippen molar-refractivity contribution in [3.8, 4) is 51.0 Å². The normalized spacial score (nSPS) is 11.5. The molecule has 3 heterocycles. The van der Waals surface area contributed by atoms with E-state index >= 15 is 0 Å². The number of hydrogen-bond acceptors (Lipinski definition) is 4. The second kappa shape index (κ2) is 11.9. The monoisotopic (exact) mass is 651 g/mol. The van der Waals surface area contributed by atoms with Gasteiger partial charge in [-0.15, -0.1) is 0 Å². The van der Waals surface area contributed by atoms with E-state index in [1.165, 1.54) is 0 Å². The first kappa shape index (κ1) is 29.0. The summed E-state index contributed by atoms with van der Waals surface area (Å²) in [5.74, 6) is 1.42. The van der Waals surface area contributed by atoms with Gasteiger partial charge in [0.1, 0.15) is 0 Å². The third-order valence-corrected chi connectivity index (χ3v) is 9.60. The highest BCUT2D eigenvalue weighted by molar-refractivity contribution is 6.12. The summed E-state index contributed by atoms with van der Waals surface area (Å²) in [7, 11) is 0. The molecule has 5 nitrogen and oxygen atoms in total. The van der Waals surface area contributed by atoms with Gasteiger partial charge in [0.15, 0.2) is 11.6 Å². The molecule has 0 unspecified atom stereocenters. The Hall–Kier alpha value is -6.98. The molecular formula is C46H29N5. The maximum Gasteiger partial charge on any atom is 0.160 e. The van der Waals surface area contributed by atoms with E-state index in [2.05, 4.69) is 132 Å². The van der Waals surface area contributed by atoms with Gasteiger partial charge in [-0.2, -0.15) is 0 Å². The number of para-hydroxylation sites is 3. The Labute approximate surface area is 294 Å². The van der Waals surface area contributed by atoms with Crippen LogP contribution in [-0.4, -0.2) is 24.5 Å². The number of hydrogen-bond donors (Lipinski definition) is 0. The van der Waals surface area contributed by atoms with E-state index in [1.54, 1.807) is 0 Å². The molecule has 0 spiro atoms. The average Bonchev–Trinajstić information content (AvgIpc) is 3.54. The van der Waals surface area contributed by atoms with Crippen molar-refractivity contribution in [2.24, 2.45) is 0 Å². The molecule has 0 bridgehead atoms. The van der Waals surface area contributed by atoms with Gasteiger partial charge < -0.3 is 4.57 Å². The van der Waals surface area contributed by atoms with Crippen LogP contribution in [0.1, 0.15) is 0 Å². The minimum Gasteiger partial charge on any atom is -0.309 e. The van der Waals surface area contributed by atoms with Gasteiger partial charge in [-0.1, -0.05) is 127 Å². The first-order chi connectivity index (χ1) is 25.3. The van der Waals surface area contributed by atoms with Gasteiger partial charge in [0.2, 0.25) is 0 Å². The Bertz CT molecular complexity index is 2720. The first-order valence-electron chi connectivity index (χ1n) is 17.1. The van der Waals surface area contributed by atoms with Crippen LogP contribution in [0.25, 0.3) is 94.6 Å². The largest absolute Gasteiger partial charge is 0.309 e. The van der Waals surface area contributed by atoms with Crippen LogP contribution in [0.15, 0.2) is 176 Å². The number of nitrogens with zero attached hydrogens (tertiary/aromatic N) is 5. The lowest BCUT2D eigenvalue weighted by Gasteiger charge is -2.11. The predicted octanol–water partition coefficient (Wildman–Crippen LogP) is 11.3. The van der Waals surface area contributed by atoms with Gasteiger partial charge in [0, 0.05) is 49.5 Å². The van der Waals surface area contributed by atoms with Crippen LogP contribution in [0.3, 0.4) is 0 Å². The zero-order valence-corrected chi connectivity index (χ0v) is 27.5. The zero-order valence-electron chi connectivity index (χ0n) is 27.5. The second-order valence-electron chi connectivity index (χ2n) is 12.7. The molecule has 10 rings (SSSR count). The molecule has 5 heteroatoms. The third-order valence-electron chi connectivity index (χ3n) is 9.60. The highest BCUT2D eigenvalue weighted by atomic mass is 15.0. The van der Waals surface area contributed by atoms with Gasteiger partial charge in [0.05, 0.1) is 33.5 Å². The minimum atomic E-state index is 0.711. The smallest absolute Gasteiger partial charge is 0.160 e. The number of aromatic nitrogens is 5. The molecule has 0 amide bonds. The highest BCUT2D eigenvalue weighted by Gasteiger charge is 2.18. The summed E-state index contributed by atoms with van der Waals surface area (Å²) in [4.78, 5) is 20.3. The molecule has 238 valence electrons. The van der Waals surface area contributed by atoms with Gasteiger partial charge in [-0.25, -0.2) is 19.9 Å². The minimum absolute atomic E-state index is 0.711. The van der Waals surface area contributed by atoms with E-state index < -0.39 is 0 Å². The van der Waals surface area contributed by atoms with E-state index in [0.717, 1.165) is 82.9 Å². The molecule has 0 radical (unpaired) electrons. The van der Waals surface area contributed by atoms with E-state index in [4.69, 9.17) is 19.9 Å². The lowest BCUT2D eigenvalue weighted by Crippen LogP contribution is -1.96. The van der Waals surface area contributed by atoms with Crippen LogP contribution < -0.4 is 0 Å². The summed E-state index contributed by atoms with van der Waals surface area (Å²) in [5, 5.41) is 4.31. The standard InChI is InChI=1S/C46H29N5/c1-4-14-30(15-5-1)45-47-39-22-12-10-20-35(39)43(49-45)32-24-26-41-37(28-32)38-29-33(25-27-42(38)51(41)34-18-8-3-9-19-34)44-36-21-11-13-23-40(36)48-46(50-44)31-16-6-2-7-17-31/h1-29H. The van der Waals surface area contributed by atoms with Crippen LogP contribution in [0.5, 0.6) is 0 Å². The number of benzene rings is 7. The number of rotatable bonds is 5. The van der Waals surface area contributed by atoms with Gasteiger partial charge >= 0.3 is 0 Å². The topological polar surface area (TPSA) is 56.5 Å². The van der Waals surface area contributed by atoms with Crippen LogP contribution in [0, 0.1) is 0 Å². The molecule has 0 aliphatic heterocycles. The van der Waals surface area contributed by atoms with Crippen molar-refractivity contribution in [1.82, 2.24) is 24.5 Å². The molecule has 0 saturated carbocycles. The summed E-state index contributed by atoms with van der Waals surface area (Å²) in [6.07, 6.45) is 0. The summed E-state index contributed by atoms with van der Waals surface area (Å²) < 4.78 is 2.35. The molecule has 10 aromatic rings. The van der Waals surface area contributed by atoms with Gasteiger partial charge in [-0.3, -0.25) is 0 Å². The molecular weight excluding hydrogens is 623 g/mol. The summed E-state index contributed by atoms with van der Waals surface area (Å²) in [6, 6.07) is 60.9. The average molecular weight is 652 g/mol. The molecule has 0 saturated heterocycles. The summed E-state index contributed by atoms with van der Waals surface area (Å²) in [6.45, 7) is 0. The van der Waals surface area contributed by atoms with Crippen LogP contribution in [0.4, 0.5) is 0 Å². The maximum absolute atomic E-state index is 5.20. The summed E-state index contributed by atoms with van der Waals surface area (Å²) in [5.41, 5.74) is 11.1. The van der Waals surface area contributed by atoms with Crippen LogP contribution in [0.2, 0.25) is 0 Å². The van der Waals surface area contributed by atoms with Crippen molar-refractivity contribution in [3.05, 3.63) is 176 Å². The Morgan fingerprint density at radius 1 is 0.314 bits per heavy atom. The van der Waals surface area contributed by atoms with Crippen LogP contribution in [-0.2, 0) is 0 Å². The Morgan fingerprint density at radius 2 is 0.725 bits per heavy atom. The Kier molecular flexibility index (Phi) is 6.74. The van der Waals surface area contributed by atoms with Gasteiger partial charge in [-0.05, 0) is 48.5 Å². The van der Waals surface area contributed by atoms with Gasteiger partial charge in [0.25, 0.3) is 0 Å². The molecule has 0 aliphatic rings. The van der Waals surface area contributed by atoms with Crippen molar-refractivity contribution in [1.29, 1.82) is 0 Å². The van der Waals surface area contributed by atoms with E-state index in [1.807, 2.05) is 48.5 Å². The van der Waals surface area contributed by atoms with E-state index in [9.17, 15) is 0 Å². The molecule has 3 aromatic heterocycles. The molecule has 0 atom stereocenters. The fourth-order valence-corrected chi connectivity index (χ4v) is 7.20. The number of fused-ring (bicyclic) bond motifs is 5. The van der Waals surface area contributed by atoms with Crippen LogP contribution >= 0.6 is 0 Å². The fourth-order valence-electron chi connectivity index (χ4n) is 7.20. The Morgan fingerprint density at radius 3 is 1.20 bits per heavy atom. The third kappa shape index (κ3) is 4.94. The maximum atomic E-state index is 5.20. The molecule has 0 aliphatic carbocycles. The molecule has 0 fully saturated rings. The predicted molar refractivity (Wildman–Crippen MR) is 209 cm³/mol. The first-order valence-corrected chi connectivity index (χ1v) is 17.1. The SMILES string of the molecule is c1ccc(-c2nc(-c3ccc4c(c3)c3cc(-c5nc(-c6ccccc6)nc6ccccc56)ccc3n4-c3ccccc3)c3ccccc3n2)cc1. The molecule has 7 aromatic carbocycles. The van der Waals surface area contributed by atoms with Crippen molar-refractivity contribution in [3.63, 3.8) is 0 Å². The second-order valence-corrected chi connectivity index (χ2v) is 12.7. The van der Waals surface area contributed by atoms with E-state index in [0.29, 0.717) is 11.6 Å². The Balaban J connectivity index is 1.24. The quantitative estimate of drug-likeness (QED) is 0.186. The fraction of sp³-hybridized carbons (Fsp3) is 0. The lowest BCUT2D eigenvalue weighted by atomic mass is 10.0. The summed E-state index contributed by atoms with van der Waals surface area (Å²) >= 11 is 0. The van der Waals surface area contributed by atoms with Crippen molar-refractivity contribution in [2.75, 3.05) is 0 Å². The lowest BCUT2D eigenvalue weighted by molar-refractivity contribution is 1.18. The highest BCUT2D eigenvalue weighted by Crippen LogP contribution is 2.39. The van der Waals surface area contributed by atoms with Crippen molar-refractivity contribution < 1.29 is 0 Å².